The maximum Gasteiger partial charge on any atom is 0.295 e. The fourth-order valence-electron chi connectivity index (χ4n) is 5.41. The summed E-state index contributed by atoms with van der Waals surface area (Å²) in [5, 5.41) is 0. The van der Waals surface area contributed by atoms with Crippen LogP contribution in [0.5, 0.6) is 0 Å². The number of fused-ring (bicyclic) bond motifs is 1. The zero-order valence-corrected chi connectivity index (χ0v) is 22.5. The molecular formula is C36H33N2+. The molecule has 5 aromatic carbocycles. The van der Waals surface area contributed by atoms with Crippen LogP contribution >= 0.6 is 0 Å². The molecule has 0 atom stereocenters. The van der Waals surface area contributed by atoms with E-state index in [2.05, 4.69) is 158 Å². The second kappa shape index (κ2) is 9.79. The topological polar surface area (TPSA) is 8.81 Å². The zero-order valence-electron chi connectivity index (χ0n) is 22.5. The van der Waals surface area contributed by atoms with Gasteiger partial charge >= 0.3 is 0 Å². The lowest BCUT2D eigenvalue weighted by molar-refractivity contribution is -0.633. The Morgan fingerprint density at radius 2 is 1.18 bits per heavy atom. The summed E-state index contributed by atoms with van der Waals surface area (Å²) >= 11 is 0. The van der Waals surface area contributed by atoms with E-state index in [1.807, 2.05) is 0 Å². The van der Waals surface area contributed by atoms with E-state index in [-0.39, 0.29) is 0 Å². The Bertz CT molecular complexity index is 1720. The van der Waals surface area contributed by atoms with Gasteiger partial charge in [0.05, 0.1) is 12.6 Å². The number of rotatable bonds is 5. The van der Waals surface area contributed by atoms with Crippen molar-refractivity contribution < 1.29 is 4.57 Å². The van der Waals surface area contributed by atoms with Gasteiger partial charge in [-0.2, -0.15) is 4.57 Å². The largest absolute Gasteiger partial charge is 0.295 e. The Morgan fingerprint density at radius 3 is 1.82 bits per heavy atom. The predicted octanol–water partition coefficient (Wildman–Crippen LogP) is 8.89. The average molecular weight is 494 g/mol. The van der Waals surface area contributed by atoms with E-state index in [0.29, 0.717) is 5.92 Å². The van der Waals surface area contributed by atoms with Gasteiger partial charge in [0.25, 0.3) is 5.82 Å². The smallest absolute Gasteiger partial charge is 0.225 e. The number of imidazole rings is 1. The van der Waals surface area contributed by atoms with Crippen molar-refractivity contribution in [2.45, 2.75) is 26.7 Å². The maximum absolute atomic E-state index is 2.44. The van der Waals surface area contributed by atoms with E-state index >= 15 is 0 Å². The quantitative estimate of drug-likeness (QED) is 0.212. The molecule has 2 heteroatoms. The molecule has 0 aliphatic carbocycles. The second-order valence-corrected chi connectivity index (χ2v) is 10.4. The monoisotopic (exact) mass is 493 g/mol. The number of aromatic nitrogens is 2. The van der Waals surface area contributed by atoms with Gasteiger partial charge in [-0.3, -0.25) is 0 Å². The van der Waals surface area contributed by atoms with E-state index in [1.54, 1.807) is 0 Å². The molecule has 0 fully saturated rings. The Hall–Kier alpha value is -4.43. The summed E-state index contributed by atoms with van der Waals surface area (Å²) in [7, 11) is 2.19. The van der Waals surface area contributed by atoms with Gasteiger partial charge < -0.3 is 0 Å². The average Bonchev–Trinajstić information content (AvgIpc) is 3.25. The first-order valence-electron chi connectivity index (χ1n) is 13.4. The van der Waals surface area contributed by atoms with Crippen LogP contribution in [0, 0.1) is 6.92 Å². The van der Waals surface area contributed by atoms with Crippen LogP contribution in [0.3, 0.4) is 0 Å². The van der Waals surface area contributed by atoms with Crippen LogP contribution in [0.4, 0.5) is 0 Å². The number of benzene rings is 5. The van der Waals surface area contributed by atoms with Gasteiger partial charge in [-0.05, 0) is 76.6 Å². The summed E-state index contributed by atoms with van der Waals surface area (Å²) in [6.45, 7) is 6.74. The summed E-state index contributed by atoms with van der Waals surface area (Å²) in [5.41, 5.74) is 12.4. The highest BCUT2D eigenvalue weighted by Gasteiger charge is 2.28. The standard InChI is InChI=1S/C36H33N2/c1-25(2)30-19-22-34-35(24-30)38(32-20-17-29(18-21-32)27-11-7-5-8-12-27)36(37(34)4)33-23-31(16-15-26(33)3)28-13-9-6-10-14-28/h5-25H,1-4H3/q+1. The fraction of sp³-hybridized carbons (Fsp3) is 0.139. The Labute approximate surface area is 225 Å². The molecule has 0 bridgehead atoms. The lowest BCUT2D eigenvalue weighted by Gasteiger charge is -2.10. The molecule has 2 nitrogen and oxygen atoms in total. The highest BCUT2D eigenvalue weighted by atomic mass is 15.2. The van der Waals surface area contributed by atoms with E-state index in [9.17, 15) is 0 Å². The third-order valence-electron chi connectivity index (χ3n) is 7.62. The van der Waals surface area contributed by atoms with Crippen LogP contribution in [0.25, 0.3) is 50.4 Å². The molecule has 1 heterocycles. The lowest BCUT2D eigenvalue weighted by Crippen LogP contribution is -2.30. The summed E-state index contributed by atoms with van der Waals surface area (Å²) in [4.78, 5) is 0. The maximum atomic E-state index is 2.44. The van der Waals surface area contributed by atoms with Gasteiger partial charge in [0, 0.05) is 0 Å². The van der Waals surface area contributed by atoms with Gasteiger partial charge in [-0.15, -0.1) is 0 Å². The molecule has 38 heavy (non-hydrogen) atoms. The van der Waals surface area contributed by atoms with Crippen LogP contribution in [-0.2, 0) is 7.05 Å². The lowest BCUT2D eigenvalue weighted by atomic mass is 9.99. The van der Waals surface area contributed by atoms with Crippen LogP contribution in [-0.4, -0.2) is 4.57 Å². The minimum absolute atomic E-state index is 0.458. The highest BCUT2D eigenvalue weighted by Crippen LogP contribution is 2.34. The van der Waals surface area contributed by atoms with Gasteiger partial charge in [-0.1, -0.05) is 105 Å². The summed E-state index contributed by atoms with van der Waals surface area (Å²) in [6.07, 6.45) is 0. The summed E-state index contributed by atoms with van der Waals surface area (Å²) in [6, 6.07) is 43.9. The molecule has 0 saturated carbocycles. The van der Waals surface area contributed by atoms with E-state index < -0.39 is 0 Å². The minimum Gasteiger partial charge on any atom is -0.225 e. The van der Waals surface area contributed by atoms with Crippen molar-refractivity contribution in [3.05, 3.63) is 132 Å². The first-order valence-corrected chi connectivity index (χ1v) is 13.4. The van der Waals surface area contributed by atoms with Crippen LogP contribution in [0.1, 0.15) is 30.9 Å². The molecule has 186 valence electrons. The van der Waals surface area contributed by atoms with Gasteiger partial charge in [0.1, 0.15) is 5.69 Å². The van der Waals surface area contributed by atoms with Crippen LogP contribution < -0.4 is 4.57 Å². The molecule has 0 N–H and O–H groups in total. The number of hydrogen-bond donors (Lipinski definition) is 0. The van der Waals surface area contributed by atoms with Crippen molar-refractivity contribution in [1.29, 1.82) is 0 Å². The van der Waals surface area contributed by atoms with Gasteiger partial charge in [0.15, 0.2) is 11.0 Å². The van der Waals surface area contributed by atoms with Crippen molar-refractivity contribution in [3.63, 3.8) is 0 Å². The van der Waals surface area contributed by atoms with Gasteiger partial charge in [-0.25, -0.2) is 4.57 Å². The summed E-state index contributed by atoms with van der Waals surface area (Å²) in [5.74, 6) is 1.64. The predicted molar refractivity (Wildman–Crippen MR) is 160 cm³/mol. The molecule has 1 aromatic heterocycles. The van der Waals surface area contributed by atoms with E-state index in [0.717, 1.165) is 5.69 Å². The SMILES string of the molecule is Cc1ccc(-c2ccccc2)cc1-c1n(-c2ccc(-c3ccccc3)cc2)c2cc(C(C)C)ccc2[n+]1C. The van der Waals surface area contributed by atoms with E-state index in [1.165, 1.54) is 55.8 Å². The number of hydrogen-bond acceptors (Lipinski definition) is 0. The second-order valence-electron chi connectivity index (χ2n) is 10.4. The van der Waals surface area contributed by atoms with Crippen LogP contribution in [0.2, 0.25) is 0 Å². The molecule has 0 amide bonds. The Morgan fingerprint density at radius 1 is 0.605 bits per heavy atom. The van der Waals surface area contributed by atoms with E-state index in [4.69, 9.17) is 0 Å². The third kappa shape index (κ3) is 4.22. The minimum atomic E-state index is 0.458. The molecule has 6 aromatic rings. The molecule has 0 radical (unpaired) electrons. The fourth-order valence-corrected chi connectivity index (χ4v) is 5.41. The first kappa shape index (κ1) is 23.9. The highest BCUT2D eigenvalue weighted by molar-refractivity contribution is 5.82. The zero-order chi connectivity index (χ0) is 26.2. The molecule has 0 saturated heterocycles. The third-order valence-corrected chi connectivity index (χ3v) is 7.62. The van der Waals surface area contributed by atoms with Crippen molar-refractivity contribution in [1.82, 2.24) is 4.57 Å². The van der Waals surface area contributed by atoms with Crippen molar-refractivity contribution in [2.24, 2.45) is 7.05 Å². The van der Waals surface area contributed by atoms with Gasteiger partial charge in [0.2, 0.25) is 0 Å². The molecular weight excluding hydrogens is 460 g/mol. The summed E-state index contributed by atoms with van der Waals surface area (Å²) < 4.78 is 4.79. The molecule has 0 aliphatic rings. The van der Waals surface area contributed by atoms with Crippen molar-refractivity contribution in [2.75, 3.05) is 0 Å². The van der Waals surface area contributed by atoms with Crippen molar-refractivity contribution >= 4 is 11.0 Å². The molecule has 0 spiro atoms. The van der Waals surface area contributed by atoms with Crippen LogP contribution in [0.15, 0.2) is 121 Å². The molecule has 6 rings (SSSR count). The molecule has 0 unspecified atom stereocenters. The number of nitrogens with zero attached hydrogens (tertiary/aromatic N) is 2. The van der Waals surface area contributed by atoms with Crippen molar-refractivity contribution in [3.8, 4) is 39.3 Å². The Balaban J connectivity index is 1.60. The Kier molecular flexibility index (Phi) is 6.17. The number of aryl methyl sites for hydroxylation is 2. The normalized spacial score (nSPS) is 11.4. The molecule has 0 aliphatic heterocycles. The first-order chi connectivity index (χ1) is 18.5.